The van der Waals surface area contributed by atoms with Crippen molar-refractivity contribution in [1.82, 2.24) is 4.98 Å². The number of nitrogens with one attached hydrogen (secondary N) is 1. The summed E-state index contributed by atoms with van der Waals surface area (Å²) in [4.78, 5) is 27.7. The number of esters is 2. The molecule has 0 spiro atoms. The second-order valence-corrected chi connectivity index (χ2v) is 5.81. The highest BCUT2D eigenvalue weighted by Gasteiger charge is 2.25. The van der Waals surface area contributed by atoms with Crippen LogP contribution in [0.1, 0.15) is 45.8 Å². The van der Waals surface area contributed by atoms with Gasteiger partial charge in [-0.1, -0.05) is 42.5 Å². The minimum Gasteiger partial charge on any atom is -0.462 e. The van der Waals surface area contributed by atoms with E-state index in [0.29, 0.717) is 12.1 Å². The number of benzene rings is 2. The molecule has 0 amide bonds. The standard InChI is InChI=1S/C21H21NO4/c1-3-25-20(23)17-13-22-18(19(17)21(24)26-4-2)12-15-10-7-9-14-8-5-6-11-16(14)15/h5-11,13,22H,3-4,12H2,1-2H3. The van der Waals surface area contributed by atoms with Gasteiger partial charge in [-0.15, -0.1) is 0 Å². The Bertz CT molecular complexity index is 937. The van der Waals surface area contributed by atoms with Gasteiger partial charge >= 0.3 is 11.9 Å². The largest absolute Gasteiger partial charge is 0.462 e. The summed E-state index contributed by atoms with van der Waals surface area (Å²) >= 11 is 0. The zero-order chi connectivity index (χ0) is 18.5. The Morgan fingerprint density at radius 3 is 2.38 bits per heavy atom. The first-order valence-corrected chi connectivity index (χ1v) is 8.66. The van der Waals surface area contributed by atoms with Crippen LogP contribution < -0.4 is 0 Å². The van der Waals surface area contributed by atoms with Crippen LogP contribution in [-0.4, -0.2) is 30.1 Å². The average molecular weight is 351 g/mol. The zero-order valence-corrected chi connectivity index (χ0v) is 14.9. The van der Waals surface area contributed by atoms with Crippen LogP contribution in [0.15, 0.2) is 48.7 Å². The van der Waals surface area contributed by atoms with E-state index in [4.69, 9.17) is 9.47 Å². The number of aromatic nitrogens is 1. The average Bonchev–Trinajstić information content (AvgIpc) is 3.06. The summed E-state index contributed by atoms with van der Waals surface area (Å²) in [6.07, 6.45) is 2.00. The van der Waals surface area contributed by atoms with Crippen molar-refractivity contribution in [1.29, 1.82) is 0 Å². The highest BCUT2D eigenvalue weighted by Crippen LogP contribution is 2.24. The minimum absolute atomic E-state index is 0.209. The Morgan fingerprint density at radius 2 is 1.62 bits per heavy atom. The number of carbonyl (C=O) groups excluding carboxylic acids is 2. The lowest BCUT2D eigenvalue weighted by Gasteiger charge is -2.09. The topological polar surface area (TPSA) is 68.4 Å². The van der Waals surface area contributed by atoms with Crippen LogP contribution >= 0.6 is 0 Å². The third-order valence-corrected chi connectivity index (χ3v) is 4.18. The molecule has 3 aromatic rings. The predicted octanol–water partition coefficient (Wildman–Crippen LogP) is 4.11. The van der Waals surface area contributed by atoms with Gasteiger partial charge in [0.2, 0.25) is 0 Å². The van der Waals surface area contributed by atoms with Gasteiger partial charge in [0.25, 0.3) is 0 Å². The number of rotatable bonds is 6. The molecule has 1 aromatic heterocycles. The van der Waals surface area contributed by atoms with Gasteiger partial charge in [-0.3, -0.25) is 0 Å². The van der Waals surface area contributed by atoms with Gasteiger partial charge < -0.3 is 14.5 Å². The first kappa shape index (κ1) is 17.7. The Morgan fingerprint density at radius 1 is 0.923 bits per heavy atom. The lowest BCUT2D eigenvalue weighted by Crippen LogP contribution is -2.14. The van der Waals surface area contributed by atoms with E-state index in [0.717, 1.165) is 16.3 Å². The molecule has 0 radical (unpaired) electrons. The van der Waals surface area contributed by atoms with Crippen LogP contribution in [0.4, 0.5) is 0 Å². The molecule has 3 rings (SSSR count). The Balaban J connectivity index is 2.04. The van der Waals surface area contributed by atoms with Crippen molar-refractivity contribution in [3.05, 3.63) is 71.0 Å². The van der Waals surface area contributed by atoms with E-state index in [-0.39, 0.29) is 24.3 Å². The van der Waals surface area contributed by atoms with E-state index in [1.165, 1.54) is 6.20 Å². The monoisotopic (exact) mass is 351 g/mol. The van der Waals surface area contributed by atoms with Crippen LogP contribution in [-0.2, 0) is 15.9 Å². The van der Waals surface area contributed by atoms with Gasteiger partial charge in [-0.2, -0.15) is 0 Å². The van der Waals surface area contributed by atoms with Crippen molar-refractivity contribution in [3.8, 4) is 0 Å². The molecule has 0 saturated carbocycles. The van der Waals surface area contributed by atoms with Crippen molar-refractivity contribution >= 4 is 22.7 Å². The van der Waals surface area contributed by atoms with Crippen LogP contribution in [0.5, 0.6) is 0 Å². The van der Waals surface area contributed by atoms with Gasteiger partial charge in [0.05, 0.1) is 24.3 Å². The van der Waals surface area contributed by atoms with Gasteiger partial charge in [0.15, 0.2) is 0 Å². The molecule has 0 saturated heterocycles. The molecule has 0 aliphatic rings. The van der Waals surface area contributed by atoms with Crippen molar-refractivity contribution in [2.45, 2.75) is 20.3 Å². The molecule has 0 unspecified atom stereocenters. The fraction of sp³-hybridized carbons (Fsp3) is 0.238. The Labute approximate surface area is 151 Å². The van der Waals surface area contributed by atoms with Gasteiger partial charge in [0, 0.05) is 18.3 Å². The molecule has 2 aromatic carbocycles. The molecule has 134 valence electrons. The van der Waals surface area contributed by atoms with Gasteiger partial charge in [-0.05, 0) is 30.2 Å². The third-order valence-electron chi connectivity index (χ3n) is 4.18. The molecule has 5 nitrogen and oxygen atoms in total. The number of carbonyl (C=O) groups is 2. The number of hydrogen-bond donors (Lipinski definition) is 1. The second-order valence-electron chi connectivity index (χ2n) is 5.81. The van der Waals surface area contributed by atoms with E-state index in [9.17, 15) is 9.59 Å². The fourth-order valence-electron chi connectivity index (χ4n) is 3.05. The van der Waals surface area contributed by atoms with E-state index < -0.39 is 11.9 Å². The number of H-pyrrole nitrogens is 1. The molecular formula is C21H21NO4. The highest BCUT2D eigenvalue weighted by molar-refractivity contribution is 6.04. The summed E-state index contributed by atoms with van der Waals surface area (Å²) in [5, 5.41) is 2.23. The minimum atomic E-state index is -0.532. The van der Waals surface area contributed by atoms with E-state index in [2.05, 4.69) is 4.98 Å². The Hall–Kier alpha value is -3.08. The molecule has 0 aliphatic carbocycles. The lowest BCUT2D eigenvalue weighted by atomic mass is 9.99. The van der Waals surface area contributed by atoms with E-state index in [1.807, 2.05) is 42.5 Å². The maximum Gasteiger partial charge on any atom is 0.340 e. The van der Waals surface area contributed by atoms with E-state index in [1.54, 1.807) is 13.8 Å². The highest BCUT2D eigenvalue weighted by atomic mass is 16.5. The summed E-state index contributed by atoms with van der Waals surface area (Å²) < 4.78 is 10.2. The predicted molar refractivity (Wildman–Crippen MR) is 99.5 cm³/mol. The molecule has 0 atom stereocenters. The van der Waals surface area contributed by atoms with Crippen LogP contribution in [0.25, 0.3) is 10.8 Å². The number of aromatic amines is 1. The normalized spacial score (nSPS) is 10.7. The molecule has 5 heteroatoms. The summed E-state index contributed by atoms with van der Waals surface area (Å²) in [5.74, 6) is -1.05. The smallest absolute Gasteiger partial charge is 0.340 e. The van der Waals surface area contributed by atoms with Crippen molar-refractivity contribution in [3.63, 3.8) is 0 Å². The van der Waals surface area contributed by atoms with Gasteiger partial charge in [0.1, 0.15) is 0 Å². The van der Waals surface area contributed by atoms with Crippen LogP contribution in [0.2, 0.25) is 0 Å². The molecule has 26 heavy (non-hydrogen) atoms. The van der Waals surface area contributed by atoms with E-state index >= 15 is 0 Å². The lowest BCUT2D eigenvalue weighted by molar-refractivity contribution is 0.0479. The SMILES string of the molecule is CCOC(=O)c1c[nH]c(Cc2cccc3ccccc23)c1C(=O)OCC. The summed E-state index contributed by atoms with van der Waals surface area (Å²) in [6.45, 7) is 3.94. The first-order chi connectivity index (χ1) is 12.7. The van der Waals surface area contributed by atoms with Crippen LogP contribution in [0, 0.1) is 0 Å². The summed E-state index contributed by atoms with van der Waals surface area (Å²) in [5.41, 5.74) is 2.16. The molecular weight excluding hydrogens is 330 g/mol. The molecule has 0 bridgehead atoms. The zero-order valence-electron chi connectivity index (χ0n) is 14.9. The van der Waals surface area contributed by atoms with Gasteiger partial charge in [-0.25, -0.2) is 9.59 Å². The maximum absolute atomic E-state index is 12.5. The number of hydrogen-bond acceptors (Lipinski definition) is 4. The molecule has 1 N–H and O–H groups in total. The first-order valence-electron chi connectivity index (χ1n) is 8.66. The molecule has 1 heterocycles. The Kier molecular flexibility index (Phi) is 5.37. The summed E-state index contributed by atoms with van der Waals surface area (Å²) in [6, 6.07) is 14.1. The van der Waals surface area contributed by atoms with Crippen LogP contribution in [0.3, 0.4) is 0 Å². The van der Waals surface area contributed by atoms with Crippen molar-refractivity contribution in [2.24, 2.45) is 0 Å². The van der Waals surface area contributed by atoms with Crippen molar-refractivity contribution in [2.75, 3.05) is 13.2 Å². The fourth-order valence-corrected chi connectivity index (χ4v) is 3.05. The number of fused-ring (bicyclic) bond motifs is 1. The second kappa shape index (κ2) is 7.87. The third kappa shape index (κ3) is 3.47. The number of ether oxygens (including phenoxy) is 2. The maximum atomic E-state index is 12.5. The molecule has 0 fully saturated rings. The molecule has 0 aliphatic heterocycles. The quantitative estimate of drug-likeness (QED) is 0.679. The van der Waals surface area contributed by atoms with Crippen molar-refractivity contribution < 1.29 is 19.1 Å². The summed E-state index contributed by atoms with van der Waals surface area (Å²) in [7, 11) is 0.